The van der Waals surface area contributed by atoms with E-state index in [9.17, 15) is 9.90 Å². The minimum Gasteiger partial charge on any atom is -0.383 e. The fraction of sp³-hybridized carbons (Fsp3) is 0.958. The Morgan fingerprint density at radius 3 is 1.21 bits per heavy atom. The van der Waals surface area contributed by atoms with E-state index in [0.717, 1.165) is 12.8 Å². The second kappa shape index (κ2) is 22.7. The number of nitrogens with one attached hydrogen (secondary N) is 1. The molecule has 0 aromatic rings. The van der Waals surface area contributed by atoms with E-state index in [1.54, 1.807) is 0 Å². The summed E-state index contributed by atoms with van der Waals surface area (Å²) >= 11 is 0. The minimum atomic E-state index is -0.944. The molecule has 0 spiro atoms. The summed E-state index contributed by atoms with van der Waals surface area (Å²) in [7, 11) is 0. The topological polar surface area (TPSA) is 75.3 Å². The number of aliphatic hydroxyl groups is 1. The van der Waals surface area contributed by atoms with Crippen molar-refractivity contribution in [2.24, 2.45) is 5.84 Å². The van der Waals surface area contributed by atoms with Gasteiger partial charge >= 0.3 is 0 Å². The van der Waals surface area contributed by atoms with E-state index in [1.807, 2.05) is 5.43 Å². The zero-order valence-corrected chi connectivity index (χ0v) is 18.9. The molecule has 4 heteroatoms. The number of carbonyl (C=O) groups excluding carboxylic acids is 1. The summed E-state index contributed by atoms with van der Waals surface area (Å²) in [5.41, 5.74) is 1.99. The van der Waals surface area contributed by atoms with Crippen molar-refractivity contribution in [3.8, 4) is 0 Å². The Morgan fingerprint density at radius 2 is 0.929 bits per heavy atom. The van der Waals surface area contributed by atoms with Gasteiger partial charge in [0.1, 0.15) is 6.10 Å². The molecule has 1 amide bonds. The van der Waals surface area contributed by atoms with E-state index >= 15 is 0 Å². The van der Waals surface area contributed by atoms with E-state index in [0.29, 0.717) is 6.42 Å². The molecule has 1 atom stereocenters. The Kier molecular flexibility index (Phi) is 22.2. The fourth-order valence-electron chi connectivity index (χ4n) is 3.82. The van der Waals surface area contributed by atoms with Gasteiger partial charge in [-0.25, -0.2) is 5.84 Å². The Bertz CT molecular complexity index is 324. The number of hydrazine groups is 1. The van der Waals surface area contributed by atoms with Crippen LogP contribution in [0, 0.1) is 0 Å². The minimum absolute atomic E-state index is 0.474. The summed E-state index contributed by atoms with van der Waals surface area (Å²) < 4.78 is 0. The van der Waals surface area contributed by atoms with Gasteiger partial charge in [-0.05, 0) is 6.42 Å². The Labute approximate surface area is 175 Å². The van der Waals surface area contributed by atoms with Gasteiger partial charge < -0.3 is 5.11 Å². The molecule has 0 aromatic carbocycles. The van der Waals surface area contributed by atoms with Crippen molar-refractivity contribution in [1.29, 1.82) is 0 Å². The number of carbonyl (C=O) groups is 1. The average molecular weight is 399 g/mol. The molecule has 168 valence electrons. The molecule has 4 N–H and O–H groups in total. The predicted octanol–water partition coefficient (Wildman–Crippen LogP) is 6.55. The summed E-state index contributed by atoms with van der Waals surface area (Å²) in [6.07, 6.45) is 26.7. The average Bonchev–Trinajstić information content (AvgIpc) is 2.71. The molecular weight excluding hydrogens is 348 g/mol. The first-order valence-electron chi connectivity index (χ1n) is 12.4. The molecule has 0 bridgehead atoms. The Morgan fingerprint density at radius 1 is 0.643 bits per heavy atom. The van der Waals surface area contributed by atoms with Crippen molar-refractivity contribution in [1.82, 2.24) is 5.43 Å². The van der Waals surface area contributed by atoms with Crippen LogP contribution >= 0.6 is 0 Å². The molecule has 0 aliphatic heterocycles. The van der Waals surface area contributed by atoms with Crippen molar-refractivity contribution in [3.63, 3.8) is 0 Å². The fourth-order valence-corrected chi connectivity index (χ4v) is 3.82. The molecule has 0 fully saturated rings. The van der Waals surface area contributed by atoms with Crippen LogP contribution in [0.15, 0.2) is 0 Å². The van der Waals surface area contributed by atoms with Crippen molar-refractivity contribution in [2.75, 3.05) is 0 Å². The smallest absolute Gasteiger partial charge is 0.262 e. The molecule has 0 saturated carbocycles. The molecular formula is C24H50N2O2. The number of unbranched alkanes of at least 4 members (excludes halogenated alkanes) is 19. The predicted molar refractivity (Wildman–Crippen MR) is 121 cm³/mol. The molecule has 0 aliphatic carbocycles. The largest absolute Gasteiger partial charge is 0.383 e. The first-order chi connectivity index (χ1) is 13.7. The summed E-state index contributed by atoms with van der Waals surface area (Å²) in [4.78, 5) is 11.1. The zero-order chi connectivity index (χ0) is 20.7. The second-order valence-corrected chi connectivity index (χ2v) is 8.53. The maximum atomic E-state index is 11.1. The number of aliphatic hydroxyl groups excluding tert-OH is 1. The molecule has 0 saturated heterocycles. The number of nitrogens with two attached hydrogens (primary N) is 1. The Hall–Kier alpha value is -0.610. The third kappa shape index (κ3) is 20.1. The number of rotatable bonds is 22. The van der Waals surface area contributed by atoms with Crippen LogP contribution in [0.1, 0.15) is 142 Å². The second-order valence-electron chi connectivity index (χ2n) is 8.53. The molecule has 0 rings (SSSR count). The molecule has 1 unspecified atom stereocenters. The molecule has 4 nitrogen and oxygen atoms in total. The van der Waals surface area contributed by atoms with Crippen LogP contribution in [0.3, 0.4) is 0 Å². The van der Waals surface area contributed by atoms with Crippen molar-refractivity contribution < 1.29 is 9.90 Å². The lowest BCUT2D eigenvalue weighted by atomic mass is 10.0. The van der Waals surface area contributed by atoms with Gasteiger partial charge in [-0.15, -0.1) is 0 Å². The van der Waals surface area contributed by atoms with E-state index in [-0.39, 0.29) is 0 Å². The normalized spacial score (nSPS) is 12.2. The first kappa shape index (κ1) is 27.4. The third-order valence-corrected chi connectivity index (χ3v) is 5.78. The highest BCUT2D eigenvalue weighted by Crippen LogP contribution is 2.15. The summed E-state index contributed by atoms with van der Waals surface area (Å²) in [5.74, 6) is 4.52. The standard InChI is InChI=1S/C24H50N2O2/c1-2-3-4-5-6-7-8-9-10-11-12-13-14-15-16-17-18-19-20-21-22-23(27)24(28)26-25/h23,27H,2-22,25H2,1H3,(H,26,28). The van der Waals surface area contributed by atoms with E-state index < -0.39 is 12.0 Å². The van der Waals surface area contributed by atoms with Crippen LogP contribution in [-0.2, 0) is 4.79 Å². The van der Waals surface area contributed by atoms with Crippen LogP contribution in [0.25, 0.3) is 0 Å². The van der Waals surface area contributed by atoms with Gasteiger partial charge in [-0.1, -0.05) is 135 Å². The Balaban J connectivity index is 3.08. The molecule has 0 aromatic heterocycles. The maximum absolute atomic E-state index is 11.1. The van der Waals surface area contributed by atoms with Gasteiger partial charge in [-0.2, -0.15) is 0 Å². The SMILES string of the molecule is CCCCCCCCCCCCCCCCCCCCCCC(O)C(=O)NN. The molecule has 0 radical (unpaired) electrons. The number of hydrogen-bond acceptors (Lipinski definition) is 3. The van der Waals surface area contributed by atoms with Crippen LogP contribution in [0.5, 0.6) is 0 Å². The lowest BCUT2D eigenvalue weighted by molar-refractivity contribution is -0.129. The van der Waals surface area contributed by atoms with E-state index in [4.69, 9.17) is 5.84 Å². The van der Waals surface area contributed by atoms with E-state index in [1.165, 1.54) is 116 Å². The van der Waals surface area contributed by atoms with Crippen LogP contribution in [0.4, 0.5) is 0 Å². The van der Waals surface area contributed by atoms with Crippen molar-refractivity contribution in [2.45, 2.75) is 148 Å². The van der Waals surface area contributed by atoms with Gasteiger partial charge in [0.05, 0.1) is 0 Å². The quantitative estimate of drug-likeness (QED) is 0.0837. The van der Waals surface area contributed by atoms with Gasteiger partial charge in [0, 0.05) is 0 Å². The lowest BCUT2D eigenvalue weighted by Crippen LogP contribution is -2.38. The van der Waals surface area contributed by atoms with Crippen LogP contribution in [-0.4, -0.2) is 17.1 Å². The zero-order valence-electron chi connectivity index (χ0n) is 18.9. The number of hydrogen-bond donors (Lipinski definition) is 3. The number of amides is 1. The van der Waals surface area contributed by atoms with Gasteiger partial charge in [0.25, 0.3) is 5.91 Å². The van der Waals surface area contributed by atoms with Crippen LogP contribution < -0.4 is 11.3 Å². The van der Waals surface area contributed by atoms with E-state index in [2.05, 4.69) is 6.92 Å². The lowest BCUT2D eigenvalue weighted by Gasteiger charge is -2.08. The van der Waals surface area contributed by atoms with Gasteiger partial charge in [0.15, 0.2) is 0 Å². The summed E-state index contributed by atoms with van der Waals surface area (Å²) in [6, 6.07) is 0. The third-order valence-electron chi connectivity index (χ3n) is 5.78. The molecule has 0 heterocycles. The molecule has 0 aliphatic rings. The first-order valence-corrected chi connectivity index (χ1v) is 12.4. The highest BCUT2D eigenvalue weighted by molar-refractivity contribution is 5.79. The van der Waals surface area contributed by atoms with Crippen molar-refractivity contribution >= 4 is 5.91 Å². The molecule has 28 heavy (non-hydrogen) atoms. The highest BCUT2D eigenvalue weighted by Gasteiger charge is 2.11. The van der Waals surface area contributed by atoms with Gasteiger partial charge in [-0.3, -0.25) is 10.2 Å². The summed E-state index contributed by atoms with van der Waals surface area (Å²) in [5, 5.41) is 9.48. The maximum Gasteiger partial charge on any atom is 0.262 e. The highest BCUT2D eigenvalue weighted by atomic mass is 16.3. The van der Waals surface area contributed by atoms with Gasteiger partial charge in [0.2, 0.25) is 0 Å². The monoisotopic (exact) mass is 398 g/mol. The van der Waals surface area contributed by atoms with Crippen molar-refractivity contribution in [3.05, 3.63) is 0 Å². The van der Waals surface area contributed by atoms with Crippen LogP contribution in [0.2, 0.25) is 0 Å². The summed E-state index contributed by atoms with van der Waals surface area (Å²) in [6.45, 7) is 2.28.